The molecular weight excluding hydrogens is 845 g/mol. The largest absolute Gasteiger partial charge is 0.508 e. The zero-order valence-corrected chi connectivity index (χ0v) is 36.5. The molecule has 0 bridgehead atoms. The summed E-state index contributed by atoms with van der Waals surface area (Å²) < 4.78 is 0. The van der Waals surface area contributed by atoms with Crippen molar-refractivity contribution in [3.63, 3.8) is 0 Å². The van der Waals surface area contributed by atoms with E-state index >= 15 is 0 Å². The number of H-pyrrole nitrogens is 1. The Balaban J connectivity index is 2.42. The Hall–Kier alpha value is -6.23. The van der Waals surface area contributed by atoms with Gasteiger partial charge in [-0.15, -0.1) is 0 Å². The van der Waals surface area contributed by atoms with Gasteiger partial charge in [0.05, 0.1) is 12.4 Å². The van der Waals surface area contributed by atoms with E-state index in [9.17, 15) is 58.5 Å². The van der Waals surface area contributed by atoms with Crippen molar-refractivity contribution < 1.29 is 58.5 Å². The van der Waals surface area contributed by atoms with Gasteiger partial charge in [-0.3, -0.25) is 38.4 Å². The molecule has 23 heteroatoms. The Morgan fingerprint density at radius 3 is 1.59 bits per heavy atom. The highest BCUT2D eigenvalue weighted by atomic mass is 32.1. The Labute approximate surface area is 369 Å². The van der Waals surface area contributed by atoms with Gasteiger partial charge in [0.15, 0.2) is 0 Å². The first-order valence-electron chi connectivity index (χ1n) is 20.3. The van der Waals surface area contributed by atoms with Crippen molar-refractivity contribution in [3.8, 4) is 5.75 Å². The number of carboxylic acid groups (broad SMARTS) is 2. The fourth-order valence-corrected chi connectivity index (χ4v) is 6.39. The number of nitrogens with two attached hydrogens (primary N) is 2. The molecule has 0 aliphatic heterocycles. The maximum Gasteiger partial charge on any atom is 0.326 e. The molecule has 1 aromatic carbocycles. The van der Waals surface area contributed by atoms with Crippen LogP contribution in [0.5, 0.6) is 5.75 Å². The molecule has 0 saturated carbocycles. The van der Waals surface area contributed by atoms with E-state index in [1.165, 1.54) is 36.8 Å². The molecule has 22 nitrogen and oxygen atoms in total. The number of imidazole rings is 1. The Bertz CT molecular complexity index is 1880. The van der Waals surface area contributed by atoms with Crippen molar-refractivity contribution in [2.24, 2.45) is 23.3 Å². The molecule has 7 atom stereocenters. The van der Waals surface area contributed by atoms with Crippen molar-refractivity contribution in [2.75, 3.05) is 5.75 Å². The normalized spacial score (nSPS) is 14.5. The second-order valence-corrected chi connectivity index (χ2v) is 16.2. The molecule has 2 aromatic rings. The molecule has 14 N–H and O–H groups in total. The molecule has 1 heterocycles. The number of carbonyl (C=O) groups is 9. The summed E-state index contributed by atoms with van der Waals surface area (Å²) in [5.74, 6) is -9.48. The number of thiol groups is 1. The lowest BCUT2D eigenvalue weighted by atomic mass is 10.0. The first kappa shape index (κ1) is 52.9. The lowest BCUT2D eigenvalue weighted by molar-refractivity contribution is -0.143. The van der Waals surface area contributed by atoms with Gasteiger partial charge in [0.1, 0.15) is 42.0 Å². The van der Waals surface area contributed by atoms with Gasteiger partial charge < -0.3 is 63.7 Å². The Morgan fingerprint density at radius 2 is 1.11 bits per heavy atom. The number of primary amides is 1. The van der Waals surface area contributed by atoms with E-state index in [0.29, 0.717) is 17.7 Å². The first-order valence-corrected chi connectivity index (χ1v) is 20.9. The number of hydrogen-bond acceptors (Lipinski definition) is 13. The van der Waals surface area contributed by atoms with Crippen LogP contribution in [0.25, 0.3) is 0 Å². The molecule has 0 saturated heterocycles. The van der Waals surface area contributed by atoms with E-state index in [2.05, 4.69) is 54.5 Å². The van der Waals surface area contributed by atoms with Gasteiger partial charge in [-0.2, -0.15) is 12.6 Å². The molecule has 7 amide bonds. The maximum absolute atomic E-state index is 14.1. The lowest BCUT2D eigenvalue weighted by Crippen LogP contribution is -2.60. The fraction of sp³-hybridized carbons (Fsp3) is 0.550. The Kier molecular flexibility index (Phi) is 22.1. The molecule has 0 radical (unpaired) electrons. The van der Waals surface area contributed by atoms with Gasteiger partial charge in [0, 0.05) is 43.3 Å². The number of carboxylic acids is 2. The summed E-state index contributed by atoms with van der Waals surface area (Å²) in [6, 6.07) is -4.17. The highest BCUT2D eigenvalue weighted by Crippen LogP contribution is 2.13. The molecule has 0 fully saturated rings. The third kappa shape index (κ3) is 19.6. The van der Waals surface area contributed by atoms with Crippen molar-refractivity contribution in [3.05, 3.63) is 48.0 Å². The van der Waals surface area contributed by atoms with Gasteiger partial charge in [-0.05, 0) is 55.2 Å². The second kappa shape index (κ2) is 26.3. The van der Waals surface area contributed by atoms with Crippen LogP contribution in [0.2, 0.25) is 0 Å². The van der Waals surface area contributed by atoms with Crippen LogP contribution in [0.15, 0.2) is 36.8 Å². The third-order valence-corrected chi connectivity index (χ3v) is 9.78. The summed E-state index contributed by atoms with van der Waals surface area (Å²) >= 11 is 4.24. The number of aromatic nitrogens is 2. The highest BCUT2D eigenvalue weighted by Gasteiger charge is 2.34. The third-order valence-electron chi connectivity index (χ3n) is 9.41. The molecule has 1 aromatic heterocycles. The topological polar surface area (TPSA) is 367 Å². The van der Waals surface area contributed by atoms with E-state index in [0.717, 1.165) is 0 Å². The monoisotopic (exact) mass is 904 g/mol. The summed E-state index contributed by atoms with van der Waals surface area (Å²) in [5.41, 5.74) is 12.2. The van der Waals surface area contributed by atoms with E-state index in [1.54, 1.807) is 13.8 Å². The highest BCUT2D eigenvalue weighted by molar-refractivity contribution is 7.80. The minimum atomic E-state index is -1.67. The van der Waals surface area contributed by atoms with Crippen LogP contribution in [0, 0.1) is 11.8 Å². The average molecular weight is 905 g/mol. The number of phenols is 1. The summed E-state index contributed by atoms with van der Waals surface area (Å²) in [6.45, 7) is 7.20. The maximum atomic E-state index is 14.1. The predicted octanol–water partition coefficient (Wildman–Crippen LogP) is -1.63. The molecular formula is C40H60N10O12S. The number of aromatic amines is 1. The van der Waals surface area contributed by atoms with Crippen LogP contribution in [-0.4, -0.2) is 127 Å². The second-order valence-electron chi connectivity index (χ2n) is 15.8. The molecule has 348 valence electrons. The zero-order chi connectivity index (χ0) is 47.4. The van der Waals surface area contributed by atoms with E-state index < -0.39 is 115 Å². The number of phenolic OH excluding ortho intramolecular Hbond substituents is 1. The minimum absolute atomic E-state index is 0.0240. The summed E-state index contributed by atoms with van der Waals surface area (Å²) in [6.07, 6.45) is 0.852. The van der Waals surface area contributed by atoms with Gasteiger partial charge in [0.25, 0.3) is 0 Å². The SMILES string of the molecule is CC(C)C[C@H](NC(=O)[C@H](CCC(N)=O)NC(=O)[C@H](CCC(=O)O)NC(=O)[C@H](Cc1ccc(O)cc1)NC(=O)[C@H](CS)NC(=O)[C@H](Cc1cnc[nH]1)NC(=O)[C@@H](N)CC(C)C)C(=O)O. The number of benzene rings is 1. The van der Waals surface area contributed by atoms with Crippen molar-refractivity contribution in [1.82, 2.24) is 41.9 Å². The quantitative estimate of drug-likeness (QED) is 0.0427. The summed E-state index contributed by atoms with van der Waals surface area (Å²) in [4.78, 5) is 124. The molecule has 0 aliphatic rings. The minimum Gasteiger partial charge on any atom is -0.508 e. The molecule has 0 aliphatic carbocycles. The number of nitrogens with one attached hydrogen (secondary N) is 7. The van der Waals surface area contributed by atoms with Crippen LogP contribution in [-0.2, 0) is 56.0 Å². The lowest BCUT2D eigenvalue weighted by Gasteiger charge is -2.27. The van der Waals surface area contributed by atoms with Crippen LogP contribution in [0.3, 0.4) is 0 Å². The molecule has 0 spiro atoms. The number of hydrogen-bond donors (Lipinski definition) is 13. The Morgan fingerprint density at radius 1 is 0.651 bits per heavy atom. The molecule has 2 rings (SSSR count). The standard InChI is InChI=1S/C40H60N10O12S/c1-20(2)13-25(41)34(55)47-29(16-23-17-43-19-44-23)38(59)50-31(18-63)39(60)48-28(15-22-5-7-24(51)8-6-22)37(58)46-27(10-12-33(53)54)35(56)45-26(9-11-32(42)52)36(57)49-30(40(61)62)14-21(3)4/h5-8,17,19-21,25-31,51,63H,9-16,18,41H2,1-4H3,(H2,42,52)(H,43,44)(H,45,56)(H,46,58)(H,47,55)(H,48,60)(H,49,57)(H,50,59)(H,53,54)(H,61,62)/t25-,26-,27-,28-,29-,30-,31-/m0/s1. The van der Waals surface area contributed by atoms with Gasteiger partial charge in [-0.25, -0.2) is 9.78 Å². The first-order chi connectivity index (χ1) is 29.6. The predicted molar refractivity (Wildman–Crippen MR) is 229 cm³/mol. The van der Waals surface area contributed by atoms with Crippen molar-refractivity contribution in [2.45, 2.75) is 121 Å². The number of amides is 7. The van der Waals surface area contributed by atoms with Crippen molar-refractivity contribution in [1.29, 1.82) is 0 Å². The average Bonchev–Trinajstić information content (AvgIpc) is 3.72. The molecule has 63 heavy (non-hydrogen) atoms. The summed E-state index contributed by atoms with van der Waals surface area (Å²) in [7, 11) is 0. The number of rotatable bonds is 28. The fourth-order valence-electron chi connectivity index (χ4n) is 6.14. The number of nitrogens with zero attached hydrogens (tertiary/aromatic N) is 1. The van der Waals surface area contributed by atoms with Gasteiger partial charge in [0.2, 0.25) is 41.4 Å². The van der Waals surface area contributed by atoms with E-state index in [1.807, 2.05) is 13.8 Å². The number of aliphatic carboxylic acids is 2. The summed E-state index contributed by atoms with van der Waals surface area (Å²) in [5, 5.41) is 43.8. The van der Waals surface area contributed by atoms with E-state index in [-0.39, 0.29) is 49.0 Å². The van der Waals surface area contributed by atoms with Gasteiger partial charge in [-0.1, -0.05) is 39.8 Å². The van der Waals surface area contributed by atoms with Crippen LogP contribution in [0.1, 0.15) is 77.5 Å². The van der Waals surface area contributed by atoms with Crippen LogP contribution >= 0.6 is 12.6 Å². The van der Waals surface area contributed by atoms with Gasteiger partial charge >= 0.3 is 11.9 Å². The van der Waals surface area contributed by atoms with E-state index in [4.69, 9.17) is 11.5 Å². The number of aromatic hydroxyl groups is 1. The zero-order valence-electron chi connectivity index (χ0n) is 35.6. The van der Waals surface area contributed by atoms with Crippen LogP contribution in [0.4, 0.5) is 0 Å². The smallest absolute Gasteiger partial charge is 0.326 e. The number of carbonyl (C=O) groups excluding carboxylic acids is 7. The molecule has 0 unspecified atom stereocenters. The van der Waals surface area contributed by atoms with Crippen LogP contribution < -0.4 is 43.4 Å². The van der Waals surface area contributed by atoms with Crippen molar-refractivity contribution >= 4 is 65.9 Å².